The number of benzene rings is 2. The first kappa shape index (κ1) is 25.1. The molecule has 0 saturated heterocycles. The molecule has 1 heterocycles. The van der Waals surface area contributed by atoms with Gasteiger partial charge in [-0.3, -0.25) is 4.79 Å². The van der Waals surface area contributed by atoms with Crippen LogP contribution in [-0.4, -0.2) is 44.1 Å². The summed E-state index contributed by atoms with van der Waals surface area (Å²) >= 11 is 1.27. The number of ether oxygens (including phenoxy) is 2. The highest BCUT2D eigenvalue weighted by atomic mass is 32.2. The Kier molecular flexibility index (Phi) is 8.17. The lowest BCUT2D eigenvalue weighted by Gasteiger charge is -2.20. The van der Waals surface area contributed by atoms with Crippen LogP contribution in [-0.2, 0) is 4.79 Å². The summed E-state index contributed by atoms with van der Waals surface area (Å²) in [7, 11) is 1.61. The van der Waals surface area contributed by atoms with Crippen molar-refractivity contribution >= 4 is 29.3 Å². The SMILES string of the molecule is COc1ccc(OC(C)c2nnc(SC(C)C(=O)Nc3cccc(C(=O)O)c3)n2C(C)C)cc1. The van der Waals surface area contributed by atoms with E-state index in [1.165, 1.54) is 23.9 Å². The molecule has 9 nitrogen and oxygen atoms in total. The van der Waals surface area contributed by atoms with Gasteiger partial charge in [0.1, 0.15) is 11.5 Å². The van der Waals surface area contributed by atoms with Crippen LogP contribution in [0.25, 0.3) is 0 Å². The highest BCUT2D eigenvalue weighted by Crippen LogP contribution is 2.30. The van der Waals surface area contributed by atoms with E-state index in [0.717, 1.165) is 5.75 Å². The van der Waals surface area contributed by atoms with Gasteiger partial charge in [0.15, 0.2) is 17.1 Å². The van der Waals surface area contributed by atoms with Crippen molar-refractivity contribution in [3.05, 3.63) is 59.9 Å². The summed E-state index contributed by atoms with van der Waals surface area (Å²) in [5.41, 5.74) is 0.526. The molecule has 0 saturated carbocycles. The molecule has 0 aliphatic heterocycles. The van der Waals surface area contributed by atoms with Gasteiger partial charge >= 0.3 is 5.97 Å². The van der Waals surface area contributed by atoms with E-state index in [2.05, 4.69) is 15.5 Å². The van der Waals surface area contributed by atoms with Gasteiger partial charge < -0.3 is 24.5 Å². The minimum atomic E-state index is -1.05. The average Bonchev–Trinajstić information content (AvgIpc) is 3.23. The number of aromatic nitrogens is 3. The van der Waals surface area contributed by atoms with E-state index in [1.807, 2.05) is 49.6 Å². The smallest absolute Gasteiger partial charge is 0.335 e. The predicted molar refractivity (Wildman–Crippen MR) is 130 cm³/mol. The minimum Gasteiger partial charge on any atom is -0.497 e. The van der Waals surface area contributed by atoms with Crippen molar-refractivity contribution in [1.82, 2.24) is 14.8 Å². The van der Waals surface area contributed by atoms with Gasteiger partial charge in [-0.25, -0.2) is 4.79 Å². The molecule has 0 radical (unpaired) electrons. The van der Waals surface area contributed by atoms with Crippen LogP contribution in [0, 0.1) is 0 Å². The highest BCUT2D eigenvalue weighted by molar-refractivity contribution is 8.00. The van der Waals surface area contributed by atoms with E-state index in [4.69, 9.17) is 14.6 Å². The summed E-state index contributed by atoms with van der Waals surface area (Å²) in [5, 5.41) is 20.7. The van der Waals surface area contributed by atoms with E-state index in [9.17, 15) is 9.59 Å². The zero-order chi connectivity index (χ0) is 24.8. The molecule has 2 aromatic carbocycles. The number of carboxylic acid groups (broad SMARTS) is 1. The number of hydrogen-bond acceptors (Lipinski definition) is 7. The number of amides is 1. The molecule has 3 aromatic rings. The number of rotatable bonds is 10. The molecular formula is C24H28N4O5S. The van der Waals surface area contributed by atoms with Crippen molar-refractivity contribution in [2.45, 2.75) is 50.2 Å². The fraction of sp³-hybridized carbons (Fsp3) is 0.333. The van der Waals surface area contributed by atoms with Crippen molar-refractivity contribution in [1.29, 1.82) is 0 Å². The summed E-state index contributed by atoms with van der Waals surface area (Å²) in [5.74, 6) is 0.746. The van der Waals surface area contributed by atoms with Crippen LogP contribution in [0.4, 0.5) is 5.69 Å². The van der Waals surface area contributed by atoms with Crippen LogP contribution < -0.4 is 14.8 Å². The van der Waals surface area contributed by atoms with Crippen LogP contribution in [0.5, 0.6) is 11.5 Å². The van der Waals surface area contributed by atoms with Gasteiger partial charge in [0.05, 0.1) is 17.9 Å². The zero-order valence-electron chi connectivity index (χ0n) is 19.7. The van der Waals surface area contributed by atoms with Crippen molar-refractivity contribution < 1.29 is 24.2 Å². The van der Waals surface area contributed by atoms with Crippen molar-refractivity contribution in [2.24, 2.45) is 0 Å². The molecule has 0 aliphatic carbocycles. The van der Waals surface area contributed by atoms with Crippen LogP contribution in [0.3, 0.4) is 0 Å². The third kappa shape index (κ3) is 6.07. The van der Waals surface area contributed by atoms with Gasteiger partial charge in [0, 0.05) is 11.7 Å². The van der Waals surface area contributed by atoms with E-state index in [-0.39, 0.29) is 23.6 Å². The molecule has 0 fully saturated rings. The Bertz CT molecular complexity index is 1150. The molecule has 1 aromatic heterocycles. The number of aromatic carboxylic acids is 1. The van der Waals surface area contributed by atoms with Crippen molar-refractivity contribution in [3.63, 3.8) is 0 Å². The second-order valence-corrected chi connectivity index (χ2v) is 9.18. The molecular weight excluding hydrogens is 456 g/mol. The third-order valence-corrected chi connectivity index (χ3v) is 6.03. The fourth-order valence-electron chi connectivity index (χ4n) is 3.23. The number of carbonyl (C=O) groups excluding carboxylic acids is 1. The number of methoxy groups -OCH3 is 1. The average molecular weight is 485 g/mol. The van der Waals surface area contributed by atoms with E-state index in [0.29, 0.717) is 22.4 Å². The van der Waals surface area contributed by atoms with Gasteiger partial charge in [0.25, 0.3) is 0 Å². The summed E-state index contributed by atoms with van der Waals surface area (Å²) in [4.78, 5) is 23.9. The maximum Gasteiger partial charge on any atom is 0.335 e. The lowest BCUT2D eigenvalue weighted by atomic mass is 10.2. The van der Waals surface area contributed by atoms with Gasteiger partial charge in [-0.2, -0.15) is 0 Å². The van der Waals surface area contributed by atoms with Crippen molar-refractivity contribution in [2.75, 3.05) is 12.4 Å². The minimum absolute atomic E-state index is 0.0388. The second kappa shape index (κ2) is 11.1. The Morgan fingerprint density at radius 1 is 1.03 bits per heavy atom. The Balaban J connectivity index is 1.72. The van der Waals surface area contributed by atoms with E-state index < -0.39 is 11.2 Å². The topological polar surface area (TPSA) is 116 Å². The molecule has 0 bridgehead atoms. The number of hydrogen-bond donors (Lipinski definition) is 2. The fourth-order valence-corrected chi connectivity index (χ4v) is 4.22. The molecule has 10 heteroatoms. The summed E-state index contributed by atoms with van der Waals surface area (Å²) in [6.45, 7) is 7.68. The molecule has 34 heavy (non-hydrogen) atoms. The largest absolute Gasteiger partial charge is 0.497 e. The molecule has 180 valence electrons. The van der Waals surface area contributed by atoms with E-state index in [1.54, 1.807) is 26.2 Å². The maximum atomic E-state index is 12.7. The van der Waals surface area contributed by atoms with Gasteiger partial charge in [-0.1, -0.05) is 17.8 Å². The molecule has 0 spiro atoms. The Morgan fingerprint density at radius 2 is 1.71 bits per heavy atom. The Hall–Kier alpha value is -3.53. The first-order valence-electron chi connectivity index (χ1n) is 10.8. The first-order chi connectivity index (χ1) is 16.2. The van der Waals surface area contributed by atoms with Crippen LogP contribution in [0.1, 0.15) is 56.0 Å². The lowest BCUT2D eigenvalue weighted by Crippen LogP contribution is -2.23. The van der Waals surface area contributed by atoms with Gasteiger partial charge in [-0.05, 0) is 70.2 Å². The van der Waals surface area contributed by atoms with Crippen LogP contribution in [0.2, 0.25) is 0 Å². The lowest BCUT2D eigenvalue weighted by molar-refractivity contribution is -0.115. The predicted octanol–water partition coefficient (Wildman–Crippen LogP) is 4.83. The monoisotopic (exact) mass is 484 g/mol. The molecule has 2 N–H and O–H groups in total. The van der Waals surface area contributed by atoms with Crippen LogP contribution in [0.15, 0.2) is 53.7 Å². The molecule has 1 amide bonds. The van der Waals surface area contributed by atoms with Crippen molar-refractivity contribution in [3.8, 4) is 11.5 Å². The van der Waals surface area contributed by atoms with Gasteiger partial charge in [-0.15, -0.1) is 10.2 Å². The normalized spacial score (nSPS) is 12.8. The highest BCUT2D eigenvalue weighted by Gasteiger charge is 2.25. The molecule has 2 atom stereocenters. The number of carboxylic acids is 1. The summed E-state index contributed by atoms with van der Waals surface area (Å²) < 4.78 is 13.2. The number of anilines is 1. The second-order valence-electron chi connectivity index (χ2n) is 7.88. The van der Waals surface area contributed by atoms with E-state index >= 15 is 0 Å². The maximum absolute atomic E-state index is 12.7. The van der Waals surface area contributed by atoms with Crippen LogP contribution >= 0.6 is 11.8 Å². The number of nitrogens with one attached hydrogen (secondary N) is 1. The Labute approximate surface area is 202 Å². The molecule has 2 unspecified atom stereocenters. The number of thioether (sulfide) groups is 1. The third-order valence-electron chi connectivity index (χ3n) is 4.97. The quantitative estimate of drug-likeness (QED) is 0.393. The molecule has 3 rings (SSSR count). The zero-order valence-corrected chi connectivity index (χ0v) is 20.5. The summed E-state index contributed by atoms with van der Waals surface area (Å²) in [6, 6.07) is 13.5. The van der Waals surface area contributed by atoms with Gasteiger partial charge in [0.2, 0.25) is 5.91 Å². The number of carbonyl (C=O) groups is 2. The Morgan fingerprint density at radius 3 is 2.32 bits per heavy atom. The molecule has 0 aliphatic rings. The standard InChI is InChI=1S/C24H28N4O5S/c1-14(2)28-21(15(3)33-20-11-9-19(32-5)10-12-20)26-27-24(28)34-16(4)22(29)25-18-8-6-7-17(13-18)23(30)31/h6-16H,1-5H3,(H,25,29)(H,30,31). The first-order valence-corrected chi connectivity index (χ1v) is 11.6. The number of nitrogens with zero attached hydrogens (tertiary/aromatic N) is 3. The summed E-state index contributed by atoms with van der Waals surface area (Å²) in [6.07, 6.45) is -0.375.